The lowest BCUT2D eigenvalue weighted by Gasteiger charge is -1.98. The summed E-state index contributed by atoms with van der Waals surface area (Å²) < 4.78 is 29.5. The number of aryl methyl sites for hydroxylation is 2. The summed E-state index contributed by atoms with van der Waals surface area (Å²) in [5.74, 6) is 0. The van der Waals surface area contributed by atoms with E-state index in [-0.39, 0.29) is 4.90 Å². The lowest BCUT2D eigenvalue weighted by molar-refractivity contribution is 0.596. The van der Waals surface area contributed by atoms with Crippen LogP contribution in [0.2, 0.25) is 0 Å². The minimum absolute atomic E-state index is 0.219. The van der Waals surface area contributed by atoms with E-state index in [2.05, 4.69) is 4.40 Å². The summed E-state index contributed by atoms with van der Waals surface area (Å²) in [6.45, 7) is 1.91. The first-order valence-corrected chi connectivity index (χ1v) is 7.29. The fourth-order valence-electron chi connectivity index (χ4n) is 1.28. The topological polar surface area (TPSA) is 51.4 Å². The second-order valence-corrected chi connectivity index (χ2v) is 6.15. The zero-order valence-corrected chi connectivity index (χ0v) is 11.1. The molecule has 2 aromatic rings. The third-order valence-corrected chi connectivity index (χ3v) is 4.52. The van der Waals surface area contributed by atoms with Crippen molar-refractivity contribution in [2.24, 2.45) is 11.4 Å². The van der Waals surface area contributed by atoms with Crippen molar-refractivity contribution in [1.29, 1.82) is 0 Å². The van der Waals surface area contributed by atoms with Crippen molar-refractivity contribution in [2.45, 2.75) is 11.8 Å². The van der Waals surface area contributed by atoms with Crippen molar-refractivity contribution in [3.63, 3.8) is 0 Å². The van der Waals surface area contributed by atoms with Crippen molar-refractivity contribution < 1.29 is 8.42 Å². The molecule has 2 rings (SSSR count). The van der Waals surface area contributed by atoms with E-state index in [4.69, 9.17) is 0 Å². The van der Waals surface area contributed by atoms with Crippen LogP contribution < -0.4 is 4.80 Å². The largest absolute Gasteiger partial charge is 0.326 e. The van der Waals surface area contributed by atoms with Crippen LogP contribution in [0.3, 0.4) is 0 Å². The molecule has 6 heteroatoms. The average molecular weight is 268 g/mol. The van der Waals surface area contributed by atoms with Gasteiger partial charge in [0.1, 0.15) is 0 Å². The van der Waals surface area contributed by atoms with Gasteiger partial charge in [0.25, 0.3) is 10.0 Å². The van der Waals surface area contributed by atoms with Crippen molar-refractivity contribution >= 4 is 21.4 Å². The van der Waals surface area contributed by atoms with Gasteiger partial charge in [-0.1, -0.05) is 17.7 Å². The summed E-state index contributed by atoms with van der Waals surface area (Å²) in [5.41, 5.74) is 1.02. The Bertz CT molecular complexity index is 679. The third-order valence-electron chi connectivity index (χ3n) is 2.28. The number of hydrogen-bond acceptors (Lipinski definition) is 3. The van der Waals surface area contributed by atoms with Crippen molar-refractivity contribution in [2.75, 3.05) is 0 Å². The second kappa shape index (κ2) is 4.46. The van der Waals surface area contributed by atoms with E-state index in [1.54, 1.807) is 47.5 Å². The summed E-state index contributed by atoms with van der Waals surface area (Å²) in [5, 5.41) is 1.80. The van der Waals surface area contributed by atoms with Crippen molar-refractivity contribution in [3.05, 3.63) is 46.2 Å². The number of nitrogens with zero attached hydrogens (tertiary/aromatic N) is 2. The number of rotatable bonds is 2. The smallest absolute Gasteiger partial charge is 0.285 e. The van der Waals surface area contributed by atoms with Gasteiger partial charge < -0.3 is 4.57 Å². The zero-order valence-electron chi connectivity index (χ0n) is 9.49. The van der Waals surface area contributed by atoms with Gasteiger partial charge in [0, 0.05) is 18.6 Å². The van der Waals surface area contributed by atoms with Crippen LogP contribution in [0.4, 0.5) is 0 Å². The highest BCUT2D eigenvalue weighted by molar-refractivity contribution is 7.90. The Kier molecular flexibility index (Phi) is 3.17. The maximum Gasteiger partial charge on any atom is 0.285 e. The zero-order chi connectivity index (χ0) is 12.5. The molecule has 0 unspecified atom stereocenters. The van der Waals surface area contributed by atoms with E-state index in [0.29, 0.717) is 4.80 Å². The Morgan fingerprint density at radius 3 is 2.41 bits per heavy atom. The van der Waals surface area contributed by atoms with Gasteiger partial charge in [-0.3, -0.25) is 0 Å². The Labute approximate surface area is 104 Å². The molecule has 4 nitrogen and oxygen atoms in total. The first-order valence-electron chi connectivity index (χ1n) is 4.97. The Morgan fingerprint density at radius 1 is 1.24 bits per heavy atom. The van der Waals surface area contributed by atoms with Gasteiger partial charge in [0.15, 0.2) is 0 Å². The molecule has 0 N–H and O–H groups in total. The lowest BCUT2D eigenvalue weighted by Crippen LogP contribution is -2.12. The standard InChI is InChI=1S/C11H12N2O2S2/c1-9-3-5-10(6-4-9)17(14,15)12-11-13(2)7-8-16-11/h3-8H,1-2H3/b12-11-. The van der Waals surface area contributed by atoms with E-state index in [9.17, 15) is 8.42 Å². The van der Waals surface area contributed by atoms with Crippen molar-refractivity contribution in [3.8, 4) is 0 Å². The molecule has 0 saturated heterocycles. The van der Waals surface area contributed by atoms with Crippen LogP contribution in [0.15, 0.2) is 45.1 Å². The number of sulfonamides is 1. The van der Waals surface area contributed by atoms with Gasteiger partial charge in [-0.05, 0) is 19.1 Å². The van der Waals surface area contributed by atoms with Crippen LogP contribution in [0.1, 0.15) is 5.56 Å². The average Bonchev–Trinajstić information content (AvgIpc) is 2.64. The molecule has 0 aliphatic carbocycles. The molecule has 0 aliphatic rings. The normalized spacial score (nSPS) is 12.9. The fraction of sp³-hybridized carbons (Fsp3) is 0.182. The number of benzene rings is 1. The Balaban J connectivity index is 2.52. The maximum atomic E-state index is 12.0. The first kappa shape index (κ1) is 12.1. The molecule has 0 amide bonds. The van der Waals surface area contributed by atoms with Gasteiger partial charge in [-0.25, -0.2) is 0 Å². The molecule has 1 aromatic carbocycles. The molecular weight excluding hydrogens is 256 g/mol. The van der Waals surface area contributed by atoms with E-state index in [0.717, 1.165) is 5.56 Å². The quantitative estimate of drug-likeness (QED) is 0.832. The molecule has 1 aromatic heterocycles. The highest BCUT2D eigenvalue weighted by Gasteiger charge is 2.12. The molecule has 0 spiro atoms. The predicted molar refractivity (Wildman–Crippen MR) is 67.2 cm³/mol. The molecule has 0 atom stereocenters. The summed E-state index contributed by atoms with van der Waals surface area (Å²) in [4.78, 5) is 0.682. The number of thiazole rings is 1. The minimum Gasteiger partial charge on any atom is -0.326 e. The molecule has 0 bridgehead atoms. The predicted octanol–water partition coefficient (Wildman–Crippen LogP) is 1.68. The molecule has 0 radical (unpaired) electrons. The SMILES string of the molecule is Cc1ccc(S(=O)(=O)/N=c2\sccn2C)cc1. The van der Waals surface area contributed by atoms with E-state index in [1.165, 1.54) is 11.3 Å². The summed E-state index contributed by atoms with van der Waals surface area (Å²) >= 11 is 1.29. The molecule has 0 fully saturated rings. The van der Waals surface area contributed by atoms with Crippen LogP contribution in [0.5, 0.6) is 0 Å². The minimum atomic E-state index is -3.61. The third kappa shape index (κ3) is 2.65. The van der Waals surface area contributed by atoms with Crippen LogP contribution in [0, 0.1) is 6.92 Å². The lowest BCUT2D eigenvalue weighted by atomic mass is 10.2. The van der Waals surface area contributed by atoms with Gasteiger partial charge in [0.2, 0.25) is 4.80 Å². The molecular formula is C11H12N2O2S2. The van der Waals surface area contributed by atoms with Crippen molar-refractivity contribution in [1.82, 2.24) is 4.57 Å². The number of hydrogen-bond donors (Lipinski definition) is 0. The van der Waals surface area contributed by atoms with Crippen LogP contribution >= 0.6 is 11.3 Å². The van der Waals surface area contributed by atoms with Gasteiger partial charge in [-0.15, -0.1) is 15.7 Å². The van der Waals surface area contributed by atoms with Gasteiger partial charge in [-0.2, -0.15) is 8.42 Å². The van der Waals surface area contributed by atoms with E-state index < -0.39 is 10.0 Å². The van der Waals surface area contributed by atoms with E-state index in [1.807, 2.05) is 6.92 Å². The maximum absolute atomic E-state index is 12.0. The highest BCUT2D eigenvalue weighted by Crippen LogP contribution is 2.12. The Hall–Kier alpha value is -1.40. The molecule has 17 heavy (non-hydrogen) atoms. The van der Waals surface area contributed by atoms with Crippen LogP contribution in [-0.4, -0.2) is 13.0 Å². The summed E-state index contributed by atoms with van der Waals surface area (Å²) in [6, 6.07) is 6.66. The van der Waals surface area contributed by atoms with Crippen LogP contribution in [-0.2, 0) is 17.1 Å². The first-order chi connectivity index (χ1) is 7.99. The Morgan fingerprint density at radius 2 is 1.88 bits per heavy atom. The summed E-state index contributed by atoms with van der Waals surface area (Å²) in [7, 11) is -1.84. The molecule has 0 aliphatic heterocycles. The highest BCUT2D eigenvalue weighted by atomic mass is 32.2. The molecule has 1 heterocycles. The number of aromatic nitrogens is 1. The van der Waals surface area contributed by atoms with Gasteiger partial charge >= 0.3 is 0 Å². The molecule has 0 saturated carbocycles. The van der Waals surface area contributed by atoms with Crippen LogP contribution in [0.25, 0.3) is 0 Å². The van der Waals surface area contributed by atoms with Gasteiger partial charge in [0.05, 0.1) is 4.90 Å². The fourth-order valence-corrected chi connectivity index (χ4v) is 3.26. The monoisotopic (exact) mass is 268 g/mol. The second-order valence-electron chi connectivity index (χ2n) is 3.68. The summed E-state index contributed by atoms with van der Waals surface area (Å²) in [6.07, 6.45) is 1.77. The van der Waals surface area contributed by atoms with E-state index >= 15 is 0 Å². The molecule has 90 valence electrons.